The molecule has 0 aromatic rings. The van der Waals surface area contributed by atoms with Crippen LogP contribution in [0.3, 0.4) is 0 Å². The predicted molar refractivity (Wildman–Crippen MR) is 84.5 cm³/mol. The van der Waals surface area contributed by atoms with Gasteiger partial charge in [-0.25, -0.2) is 8.42 Å². The third kappa shape index (κ3) is 3.55. The van der Waals surface area contributed by atoms with E-state index in [2.05, 4.69) is 0 Å². The molecule has 0 aromatic heterocycles. The van der Waals surface area contributed by atoms with Gasteiger partial charge < -0.3 is 14.4 Å². The van der Waals surface area contributed by atoms with Crippen LogP contribution in [-0.4, -0.2) is 80.4 Å². The molecule has 23 heavy (non-hydrogen) atoms. The molecule has 3 atom stereocenters. The van der Waals surface area contributed by atoms with Crippen molar-refractivity contribution in [3.05, 3.63) is 0 Å². The Balaban J connectivity index is 1.57. The zero-order valence-electron chi connectivity index (χ0n) is 13.6. The van der Waals surface area contributed by atoms with E-state index in [9.17, 15) is 13.2 Å². The molecule has 8 heteroatoms. The third-order valence-corrected chi connectivity index (χ3v) is 6.98. The van der Waals surface area contributed by atoms with Crippen molar-refractivity contribution in [2.45, 2.75) is 50.9 Å². The summed E-state index contributed by atoms with van der Waals surface area (Å²) in [6, 6.07) is -0.152. The van der Waals surface area contributed by atoms with Crippen LogP contribution >= 0.6 is 0 Å². The minimum Gasteiger partial charge on any atom is -0.372 e. The molecule has 3 rings (SSSR count). The molecular weight excluding hydrogens is 320 g/mol. The van der Waals surface area contributed by atoms with Crippen LogP contribution in [0.15, 0.2) is 0 Å². The van der Waals surface area contributed by atoms with Crippen molar-refractivity contribution in [3.63, 3.8) is 0 Å². The molecule has 0 N–H and O–H groups in total. The molecule has 0 unspecified atom stereocenters. The summed E-state index contributed by atoms with van der Waals surface area (Å²) in [5.74, 6) is 0.134. The molecule has 132 valence electrons. The average Bonchev–Trinajstić information content (AvgIpc) is 3.22. The standard InChI is InChI=1S/C15H26N2O5S/c1-2-23(19,20)17-9-10-21-15-12(17)5-6-13(15)22-11-14(18)16-7-3-4-8-16/h12-13,15H,2-11H2,1H3/t12-,13+,15+/m1/s1. The average molecular weight is 346 g/mol. The molecule has 3 aliphatic rings. The van der Waals surface area contributed by atoms with Crippen molar-refractivity contribution < 1.29 is 22.7 Å². The lowest BCUT2D eigenvalue weighted by atomic mass is 10.1. The topological polar surface area (TPSA) is 76.1 Å². The lowest BCUT2D eigenvalue weighted by molar-refractivity contribution is -0.143. The van der Waals surface area contributed by atoms with E-state index in [1.165, 1.54) is 0 Å². The molecule has 1 saturated carbocycles. The maximum absolute atomic E-state index is 12.2. The Hall–Kier alpha value is -0.700. The number of ether oxygens (including phenoxy) is 2. The van der Waals surface area contributed by atoms with Crippen molar-refractivity contribution in [2.24, 2.45) is 0 Å². The fourth-order valence-electron chi connectivity index (χ4n) is 3.81. The lowest BCUT2D eigenvalue weighted by Gasteiger charge is -2.37. The maximum atomic E-state index is 12.2. The molecule has 1 aliphatic carbocycles. The van der Waals surface area contributed by atoms with Crippen molar-refractivity contribution in [1.82, 2.24) is 9.21 Å². The number of likely N-dealkylation sites (tertiary alicyclic amines) is 1. The predicted octanol–water partition coefficient (Wildman–Crippen LogP) is 0.207. The van der Waals surface area contributed by atoms with E-state index in [0.29, 0.717) is 13.2 Å². The van der Waals surface area contributed by atoms with E-state index in [-0.39, 0.29) is 36.5 Å². The Labute approximate surface area is 138 Å². The number of fused-ring (bicyclic) bond motifs is 1. The second kappa shape index (κ2) is 7.04. The molecule has 2 heterocycles. The summed E-state index contributed by atoms with van der Waals surface area (Å²) < 4.78 is 37.6. The molecule has 0 bridgehead atoms. The van der Waals surface area contributed by atoms with E-state index >= 15 is 0 Å². The fraction of sp³-hybridized carbons (Fsp3) is 0.933. The Bertz CT molecular complexity index is 532. The van der Waals surface area contributed by atoms with E-state index in [1.54, 1.807) is 11.2 Å². The minimum absolute atomic E-state index is 0.0276. The summed E-state index contributed by atoms with van der Waals surface area (Å²) in [7, 11) is -3.22. The smallest absolute Gasteiger partial charge is 0.248 e. The first-order chi connectivity index (χ1) is 11.0. The Kier molecular flexibility index (Phi) is 5.25. The number of carbonyl (C=O) groups is 1. The van der Waals surface area contributed by atoms with Crippen LogP contribution in [0.5, 0.6) is 0 Å². The van der Waals surface area contributed by atoms with Gasteiger partial charge in [-0.1, -0.05) is 0 Å². The van der Waals surface area contributed by atoms with Gasteiger partial charge in [0.2, 0.25) is 15.9 Å². The number of nitrogens with zero attached hydrogens (tertiary/aromatic N) is 2. The summed E-state index contributed by atoms with van der Waals surface area (Å²) in [5, 5.41) is 0. The van der Waals surface area contributed by atoms with Crippen LogP contribution < -0.4 is 0 Å². The molecule has 7 nitrogen and oxygen atoms in total. The molecule has 1 amide bonds. The van der Waals surface area contributed by atoms with Crippen LogP contribution in [0.25, 0.3) is 0 Å². The number of hydrogen-bond acceptors (Lipinski definition) is 5. The van der Waals surface area contributed by atoms with Crippen LogP contribution in [0.2, 0.25) is 0 Å². The van der Waals surface area contributed by atoms with Crippen molar-refractivity contribution in [1.29, 1.82) is 0 Å². The quantitative estimate of drug-likeness (QED) is 0.711. The third-order valence-electron chi connectivity index (χ3n) is 5.09. The van der Waals surface area contributed by atoms with Gasteiger partial charge in [0.15, 0.2) is 0 Å². The molecule has 0 radical (unpaired) electrons. The second-order valence-corrected chi connectivity index (χ2v) is 8.64. The first-order valence-electron chi connectivity index (χ1n) is 8.53. The first kappa shape index (κ1) is 17.1. The number of carbonyl (C=O) groups excluding carboxylic acids is 1. The molecular formula is C15H26N2O5S. The number of hydrogen-bond donors (Lipinski definition) is 0. The van der Waals surface area contributed by atoms with Crippen LogP contribution in [0.4, 0.5) is 0 Å². The van der Waals surface area contributed by atoms with Gasteiger partial charge in [0.05, 0.1) is 24.5 Å². The highest BCUT2D eigenvalue weighted by Crippen LogP contribution is 2.33. The Morgan fingerprint density at radius 3 is 2.65 bits per heavy atom. The van der Waals surface area contributed by atoms with Gasteiger partial charge in [0, 0.05) is 19.6 Å². The van der Waals surface area contributed by atoms with Gasteiger partial charge in [-0.3, -0.25) is 4.79 Å². The highest BCUT2D eigenvalue weighted by molar-refractivity contribution is 7.89. The molecule has 2 aliphatic heterocycles. The summed E-state index contributed by atoms with van der Waals surface area (Å²) in [5.41, 5.74) is 0. The van der Waals surface area contributed by atoms with E-state index in [0.717, 1.165) is 38.8 Å². The van der Waals surface area contributed by atoms with E-state index < -0.39 is 10.0 Å². The first-order valence-corrected chi connectivity index (χ1v) is 10.1. The summed E-state index contributed by atoms with van der Waals surface area (Å²) in [6.45, 7) is 4.17. The van der Waals surface area contributed by atoms with Gasteiger partial charge in [-0.05, 0) is 32.6 Å². The van der Waals surface area contributed by atoms with Crippen molar-refractivity contribution in [2.75, 3.05) is 38.6 Å². The number of amides is 1. The van der Waals surface area contributed by atoms with Crippen LogP contribution in [0, 0.1) is 0 Å². The molecule has 3 fully saturated rings. The van der Waals surface area contributed by atoms with E-state index in [1.807, 2.05) is 4.90 Å². The summed E-state index contributed by atoms with van der Waals surface area (Å²) >= 11 is 0. The van der Waals surface area contributed by atoms with Gasteiger partial charge >= 0.3 is 0 Å². The van der Waals surface area contributed by atoms with Gasteiger partial charge in [-0.2, -0.15) is 4.31 Å². The molecule has 0 spiro atoms. The Morgan fingerprint density at radius 2 is 1.96 bits per heavy atom. The second-order valence-electron chi connectivity index (χ2n) is 6.43. The number of sulfonamides is 1. The zero-order chi connectivity index (χ0) is 16.4. The zero-order valence-corrected chi connectivity index (χ0v) is 14.5. The van der Waals surface area contributed by atoms with Gasteiger partial charge in [0.25, 0.3) is 0 Å². The number of rotatable bonds is 5. The van der Waals surface area contributed by atoms with Gasteiger partial charge in [-0.15, -0.1) is 0 Å². The largest absolute Gasteiger partial charge is 0.372 e. The maximum Gasteiger partial charge on any atom is 0.248 e. The van der Waals surface area contributed by atoms with Crippen LogP contribution in [-0.2, 0) is 24.3 Å². The lowest BCUT2D eigenvalue weighted by Crippen LogP contribution is -2.54. The minimum atomic E-state index is -3.22. The molecule has 2 saturated heterocycles. The summed E-state index contributed by atoms with van der Waals surface area (Å²) in [6.07, 6.45) is 3.14. The number of morpholine rings is 1. The fourth-order valence-corrected chi connectivity index (χ4v) is 5.13. The molecule has 0 aromatic carbocycles. The summed E-state index contributed by atoms with van der Waals surface area (Å²) in [4.78, 5) is 13.9. The van der Waals surface area contributed by atoms with Crippen molar-refractivity contribution >= 4 is 15.9 Å². The van der Waals surface area contributed by atoms with Crippen LogP contribution in [0.1, 0.15) is 32.6 Å². The monoisotopic (exact) mass is 346 g/mol. The Morgan fingerprint density at radius 1 is 1.22 bits per heavy atom. The van der Waals surface area contributed by atoms with Crippen molar-refractivity contribution in [3.8, 4) is 0 Å². The van der Waals surface area contributed by atoms with Gasteiger partial charge in [0.1, 0.15) is 12.7 Å². The SMILES string of the molecule is CCS(=O)(=O)N1CCO[C@@H]2[C@@H](OCC(=O)N3CCCC3)CC[C@H]21. The highest BCUT2D eigenvalue weighted by Gasteiger charge is 2.47. The highest BCUT2D eigenvalue weighted by atomic mass is 32.2. The normalized spacial score (nSPS) is 32.2. The van der Waals surface area contributed by atoms with E-state index in [4.69, 9.17) is 9.47 Å².